The van der Waals surface area contributed by atoms with E-state index in [1.165, 1.54) is 12.8 Å². The van der Waals surface area contributed by atoms with Crippen molar-refractivity contribution >= 4 is 23.1 Å². The number of piperidine rings is 1. The number of nitrogens with zero attached hydrogens (tertiary/aromatic N) is 1. The predicted molar refractivity (Wildman–Crippen MR) is 64.7 cm³/mol. The zero-order valence-electron chi connectivity index (χ0n) is 9.16. The molecule has 1 fully saturated rings. The molecule has 0 saturated carbocycles. The fraction of sp³-hybridized carbons (Fsp3) is 0.800. The molecule has 1 atom stereocenters. The lowest BCUT2D eigenvalue weighted by atomic mass is 10.0. The topological polar surface area (TPSA) is 58.4 Å². The van der Waals surface area contributed by atoms with Crippen LogP contribution in [0, 0.1) is 0 Å². The molecule has 1 heterocycles. The van der Waals surface area contributed by atoms with Crippen molar-refractivity contribution in [1.29, 1.82) is 0 Å². The van der Waals surface area contributed by atoms with Gasteiger partial charge in [0, 0.05) is 20.0 Å². The van der Waals surface area contributed by atoms with Crippen LogP contribution in [0.3, 0.4) is 0 Å². The van der Waals surface area contributed by atoms with E-state index < -0.39 is 0 Å². The molecular weight excluding hydrogens is 210 g/mol. The summed E-state index contributed by atoms with van der Waals surface area (Å²) in [6, 6.07) is 0.193. The molecule has 5 heteroatoms. The van der Waals surface area contributed by atoms with E-state index in [0.717, 1.165) is 19.5 Å². The molecule has 1 aliphatic heterocycles. The quantitative estimate of drug-likeness (QED) is 0.679. The van der Waals surface area contributed by atoms with Crippen molar-refractivity contribution < 1.29 is 4.79 Å². The first-order chi connectivity index (χ1) is 7.15. The molecule has 15 heavy (non-hydrogen) atoms. The van der Waals surface area contributed by atoms with Gasteiger partial charge < -0.3 is 11.1 Å². The Labute approximate surface area is 96.2 Å². The van der Waals surface area contributed by atoms with Gasteiger partial charge in [-0.25, -0.2) is 0 Å². The van der Waals surface area contributed by atoms with Crippen LogP contribution in [0.4, 0.5) is 0 Å². The second-order valence-electron chi connectivity index (χ2n) is 3.87. The summed E-state index contributed by atoms with van der Waals surface area (Å²) in [7, 11) is 1.66. The van der Waals surface area contributed by atoms with Crippen molar-refractivity contribution in [3.63, 3.8) is 0 Å². The second kappa shape index (κ2) is 6.02. The SMILES string of the molecule is CNC(=O)CCN1CCCCC1C(N)=S. The number of nitrogens with one attached hydrogen (secondary N) is 1. The van der Waals surface area contributed by atoms with Gasteiger partial charge in [-0.2, -0.15) is 0 Å². The lowest BCUT2D eigenvalue weighted by Crippen LogP contribution is -2.47. The molecule has 3 N–H and O–H groups in total. The van der Waals surface area contributed by atoms with Crippen LogP contribution in [0.15, 0.2) is 0 Å². The van der Waals surface area contributed by atoms with Gasteiger partial charge in [-0.3, -0.25) is 9.69 Å². The summed E-state index contributed by atoms with van der Waals surface area (Å²) in [6.07, 6.45) is 3.91. The standard InChI is InChI=1S/C10H19N3OS/c1-12-9(14)5-7-13-6-3-2-4-8(13)10(11)15/h8H,2-7H2,1H3,(H2,11,15)(H,12,14). The number of thiocarbonyl (C=S) groups is 1. The number of hydrogen-bond acceptors (Lipinski definition) is 3. The van der Waals surface area contributed by atoms with Gasteiger partial charge in [0.2, 0.25) is 5.91 Å². The number of amides is 1. The van der Waals surface area contributed by atoms with E-state index >= 15 is 0 Å². The number of likely N-dealkylation sites (tertiary alicyclic amines) is 1. The zero-order valence-corrected chi connectivity index (χ0v) is 9.98. The zero-order chi connectivity index (χ0) is 11.3. The predicted octanol–water partition coefficient (Wildman–Crippen LogP) is 0.263. The van der Waals surface area contributed by atoms with Gasteiger partial charge in [-0.15, -0.1) is 0 Å². The third-order valence-electron chi connectivity index (χ3n) is 2.85. The Hall–Kier alpha value is -0.680. The van der Waals surface area contributed by atoms with Gasteiger partial charge in [0.15, 0.2) is 0 Å². The van der Waals surface area contributed by atoms with Gasteiger partial charge in [0.25, 0.3) is 0 Å². The van der Waals surface area contributed by atoms with E-state index in [9.17, 15) is 4.79 Å². The smallest absolute Gasteiger partial charge is 0.221 e. The number of hydrogen-bond donors (Lipinski definition) is 2. The second-order valence-corrected chi connectivity index (χ2v) is 4.34. The monoisotopic (exact) mass is 229 g/mol. The minimum absolute atomic E-state index is 0.0715. The lowest BCUT2D eigenvalue weighted by molar-refractivity contribution is -0.121. The highest BCUT2D eigenvalue weighted by atomic mass is 32.1. The average Bonchev–Trinajstić information content (AvgIpc) is 2.26. The van der Waals surface area contributed by atoms with Crippen LogP contribution in [-0.4, -0.2) is 42.0 Å². The Kier molecular flexibility index (Phi) is 4.98. The Morgan fingerprint density at radius 3 is 2.93 bits per heavy atom. The minimum Gasteiger partial charge on any atom is -0.392 e. The summed E-state index contributed by atoms with van der Waals surface area (Å²) >= 11 is 5.04. The Morgan fingerprint density at radius 2 is 2.33 bits per heavy atom. The molecule has 0 aromatic carbocycles. The van der Waals surface area contributed by atoms with E-state index in [2.05, 4.69) is 10.2 Å². The van der Waals surface area contributed by atoms with Crippen molar-refractivity contribution in [3.05, 3.63) is 0 Å². The van der Waals surface area contributed by atoms with Crippen LogP contribution in [-0.2, 0) is 4.79 Å². The van der Waals surface area contributed by atoms with Gasteiger partial charge in [0.05, 0.1) is 11.0 Å². The molecular formula is C10H19N3OS. The maximum atomic E-state index is 11.1. The highest BCUT2D eigenvalue weighted by Crippen LogP contribution is 2.17. The molecule has 1 aliphatic rings. The van der Waals surface area contributed by atoms with Crippen molar-refractivity contribution in [2.24, 2.45) is 5.73 Å². The van der Waals surface area contributed by atoms with Gasteiger partial charge in [0.1, 0.15) is 0 Å². The third-order valence-corrected chi connectivity index (χ3v) is 3.12. The summed E-state index contributed by atoms with van der Waals surface area (Å²) < 4.78 is 0. The third kappa shape index (κ3) is 3.76. The van der Waals surface area contributed by atoms with Crippen molar-refractivity contribution in [1.82, 2.24) is 10.2 Å². The van der Waals surface area contributed by atoms with Crippen LogP contribution >= 0.6 is 12.2 Å². The van der Waals surface area contributed by atoms with Gasteiger partial charge in [-0.05, 0) is 19.4 Å². The van der Waals surface area contributed by atoms with E-state index in [0.29, 0.717) is 11.4 Å². The molecule has 1 amide bonds. The van der Waals surface area contributed by atoms with Crippen LogP contribution in [0.2, 0.25) is 0 Å². The highest BCUT2D eigenvalue weighted by molar-refractivity contribution is 7.80. The molecule has 0 bridgehead atoms. The molecule has 4 nitrogen and oxygen atoms in total. The van der Waals surface area contributed by atoms with Crippen molar-refractivity contribution in [2.45, 2.75) is 31.7 Å². The molecule has 1 unspecified atom stereocenters. The number of rotatable bonds is 4. The Balaban J connectivity index is 2.42. The molecule has 1 saturated heterocycles. The first-order valence-corrected chi connectivity index (χ1v) is 5.80. The molecule has 0 aliphatic carbocycles. The van der Waals surface area contributed by atoms with E-state index in [4.69, 9.17) is 18.0 Å². The number of carbonyl (C=O) groups excluding carboxylic acids is 1. The fourth-order valence-electron chi connectivity index (χ4n) is 1.95. The normalized spacial score (nSPS) is 22.3. The van der Waals surface area contributed by atoms with Crippen LogP contribution in [0.5, 0.6) is 0 Å². The van der Waals surface area contributed by atoms with Crippen LogP contribution in [0.25, 0.3) is 0 Å². The molecule has 86 valence electrons. The molecule has 0 radical (unpaired) electrons. The van der Waals surface area contributed by atoms with Crippen molar-refractivity contribution in [3.8, 4) is 0 Å². The Morgan fingerprint density at radius 1 is 1.60 bits per heavy atom. The minimum atomic E-state index is 0.0715. The van der Waals surface area contributed by atoms with E-state index in [-0.39, 0.29) is 11.9 Å². The van der Waals surface area contributed by atoms with Crippen molar-refractivity contribution in [2.75, 3.05) is 20.1 Å². The molecule has 0 aromatic heterocycles. The summed E-state index contributed by atoms with van der Waals surface area (Å²) in [5.74, 6) is 0.0715. The summed E-state index contributed by atoms with van der Waals surface area (Å²) in [5.41, 5.74) is 5.69. The number of nitrogens with two attached hydrogens (primary N) is 1. The average molecular weight is 229 g/mol. The van der Waals surface area contributed by atoms with Gasteiger partial charge in [-0.1, -0.05) is 18.6 Å². The van der Waals surface area contributed by atoms with Crippen LogP contribution < -0.4 is 11.1 Å². The lowest BCUT2D eigenvalue weighted by Gasteiger charge is -2.34. The fourth-order valence-corrected chi connectivity index (χ4v) is 2.22. The first-order valence-electron chi connectivity index (χ1n) is 5.39. The molecule has 0 spiro atoms. The van der Waals surface area contributed by atoms with E-state index in [1.54, 1.807) is 7.05 Å². The van der Waals surface area contributed by atoms with E-state index in [1.807, 2.05) is 0 Å². The maximum Gasteiger partial charge on any atom is 0.221 e. The molecule has 0 aromatic rings. The Bertz CT molecular complexity index is 245. The highest BCUT2D eigenvalue weighted by Gasteiger charge is 2.24. The first kappa shape index (κ1) is 12.4. The van der Waals surface area contributed by atoms with Crippen LogP contribution in [0.1, 0.15) is 25.7 Å². The summed E-state index contributed by atoms with van der Waals surface area (Å²) in [4.78, 5) is 13.9. The largest absolute Gasteiger partial charge is 0.392 e. The molecule has 1 rings (SSSR count). The summed E-state index contributed by atoms with van der Waals surface area (Å²) in [6.45, 7) is 1.75. The van der Waals surface area contributed by atoms with Gasteiger partial charge >= 0.3 is 0 Å². The number of carbonyl (C=O) groups is 1. The summed E-state index contributed by atoms with van der Waals surface area (Å²) in [5, 5.41) is 2.62. The maximum absolute atomic E-state index is 11.1.